The van der Waals surface area contributed by atoms with Gasteiger partial charge in [-0.2, -0.15) is 0 Å². The first-order valence-electron chi connectivity index (χ1n) is 12.6. The number of benzene rings is 1. The van der Waals surface area contributed by atoms with E-state index in [9.17, 15) is 4.79 Å². The van der Waals surface area contributed by atoms with Crippen LogP contribution in [0.5, 0.6) is 0 Å². The second-order valence-corrected chi connectivity index (χ2v) is 10.6. The molecule has 4 heterocycles. The second kappa shape index (κ2) is 8.77. The largest absolute Gasteiger partial charge is 0.459 e. The van der Waals surface area contributed by atoms with E-state index >= 15 is 0 Å². The van der Waals surface area contributed by atoms with E-state index in [-0.39, 0.29) is 17.6 Å². The van der Waals surface area contributed by atoms with E-state index in [0.717, 1.165) is 92.2 Å². The van der Waals surface area contributed by atoms with Crippen LogP contribution in [0.25, 0.3) is 11.0 Å². The lowest BCUT2D eigenvalue weighted by Gasteiger charge is -2.44. The summed E-state index contributed by atoms with van der Waals surface area (Å²) in [4.78, 5) is 17.0. The van der Waals surface area contributed by atoms with E-state index in [4.69, 9.17) is 20.8 Å². The molecule has 4 aliphatic rings. The fourth-order valence-corrected chi connectivity index (χ4v) is 6.51. The second-order valence-electron chi connectivity index (χ2n) is 10.2. The van der Waals surface area contributed by atoms with Gasteiger partial charge in [0.15, 0.2) is 0 Å². The topological polar surface area (TPSA) is 70.0 Å². The highest BCUT2D eigenvalue weighted by Gasteiger charge is 2.42. The van der Waals surface area contributed by atoms with Crippen molar-refractivity contribution in [2.75, 3.05) is 38.1 Å². The Labute approximate surface area is 205 Å². The summed E-state index contributed by atoms with van der Waals surface area (Å²) < 4.78 is 12.1. The van der Waals surface area contributed by atoms with Crippen molar-refractivity contribution in [1.82, 2.24) is 15.1 Å². The monoisotopic (exact) mass is 484 g/mol. The van der Waals surface area contributed by atoms with Gasteiger partial charge in [0.25, 0.3) is 5.91 Å². The first kappa shape index (κ1) is 22.3. The molecule has 3 fully saturated rings. The number of carbonyl (C=O) groups excluding carboxylic acids is 1. The lowest BCUT2D eigenvalue weighted by atomic mass is 9.74. The van der Waals surface area contributed by atoms with Crippen molar-refractivity contribution >= 4 is 34.2 Å². The summed E-state index contributed by atoms with van der Waals surface area (Å²) >= 11 is 6.76. The molecule has 3 aliphatic heterocycles. The van der Waals surface area contributed by atoms with Gasteiger partial charge in [-0.25, -0.2) is 0 Å². The number of furan rings is 1. The number of hydrogen-bond donors (Lipinski definition) is 2. The van der Waals surface area contributed by atoms with Gasteiger partial charge in [-0.15, -0.1) is 0 Å². The summed E-state index contributed by atoms with van der Waals surface area (Å²) in [7, 11) is 0. The van der Waals surface area contributed by atoms with Crippen molar-refractivity contribution in [1.29, 1.82) is 0 Å². The van der Waals surface area contributed by atoms with Crippen molar-refractivity contribution in [3.63, 3.8) is 0 Å². The Morgan fingerprint density at radius 1 is 1.15 bits per heavy atom. The first-order valence-corrected chi connectivity index (χ1v) is 13.0. The van der Waals surface area contributed by atoms with Crippen molar-refractivity contribution < 1.29 is 13.9 Å². The predicted molar refractivity (Wildman–Crippen MR) is 133 cm³/mol. The average Bonchev–Trinajstić information content (AvgIpc) is 3.50. The van der Waals surface area contributed by atoms with Gasteiger partial charge in [0.1, 0.15) is 17.4 Å². The number of halogens is 1. The molecule has 2 saturated heterocycles. The summed E-state index contributed by atoms with van der Waals surface area (Å²) in [6.07, 6.45) is 7.31. The lowest BCUT2D eigenvalue weighted by Crippen LogP contribution is -2.51. The van der Waals surface area contributed by atoms with E-state index < -0.39 is 0 Å². The van der Waals surface area contributed by atoms with Gasteiger partial charge in [-0.3, -0.25) is 9.69 Å². The van der Waals surface area contributed by atoms with Gasteiger partial charge < -0.3 is 24.7 Å². The number of piperazine rings is 1. The van der Waals surface area contributed by atoms with E-state index in [1.807, 2.05) is 11.0 Å². The normalized spacial score (nSPS) is 24.8. The summed E-state index contributed by atoms with van der Waals surface area (Å²) in [5.74, 6) is 1.90. The van der Waals surface area contributed by atoms with E-state index in [2.05, 4.69) is 28.2 Å². The highest BCUT2D eigenvalue weighted by molar-refractivity contribution is 6.34. The third kappa shape index (κ3) is 3.88. The number of carbonyl (C=O) groups is 1. The molecule has 7 nitrogen and oxygen atoms in total. The molecular weight excluding hydrogens is 452 g/mol. The third-order valence-corrected chi connectivity index (χ3v) is 8.23. The molecule has 2 aromatic rings. The van der Waals surface area contributed by atoms with Crippen LogP contribution in [0.3, 0.4) is 0 Å². The van der Waals surface area contributed by atoms with Crippen LogP contribution in [0.1, 0.15) is 56.3 Å². The molecule has 1 aromatic carbocycles. The standard InChI is InChI=1S/C26H33ClN4O3/c1-17-28-23-20(27)15-18-14-19(34-24(18)22(23)26(29-17)7-3-2-4-8-26)16-30-9-11-31(12-10-30)25(32)21-6-5-13-33-21/h14-15,21,28-29H,1-13,16H2. The van der Waals surface area contributed by atoms with Crippen LogP contribution in [0.15, 0.2) is 28.9 Å². The fourth-order valence-electron chi connectivity index (χ4n) is 6.25. The Hall–Kier alpha value is -2.22. The molecule has 0 radical (unpaired) electrons. The Balaban J connectivity index is 1.23. The summed E-state index contributed by atoms with van der Waals surface area (Å²) in [5.41, 5.74) is 2.83. The Kier molecular flexibility index (Phi) is 5.74. The van der Waals surface area contributed by atoms with Crippen LogP contribution < -0.4 is 10.6 Å². The Morgan fingerprint density at radius 3 is 2.68 bits per heavy atom. The van der Waals surface area contributed by atoms with Gasteiger partial charge >= 0.3 is 0 Å². The maximum Gasteiger partial charge on any atom is 0.251 e. The molecule has 0 bridgehead atoms. The lowest BCUT2D eigenvalue weighted by molar-refractivity contribution is -0.142. The molecule has 1 unspecified atom stereocenters. The van der Waals surface area contributed by atoms with Gasteiger partial charge in [0, 0.05) is 43.7 Å². The van der Waals surface area contributed by atoms with Crippen LogP contribution >= 0.6 is 11.6 Å². The molecule has 1 saturated carbocycles. The Morgan fingerprint density at radius 2 is 1.94 bits per heavy atom. The van der Waals surface area contributed by atoms with Crippen molar-refractivity contribution in [2.45, 2.75) is 63.1 Å². The number of fused-ring (bicyclic) bond motifs is 4. The number of hydrogen-bond acceptors (Lipinski definition) is 6. The molecule has 1 atom stereocenters. The molecule has 6 rings (SSSR count). The molecular formula is C26H33ClN4O3. The molecule has 1 spiro atoms. The predicted octanol–water partition coefficient (Wildman–Crippen LogP) is 4.56. The minimum Gasteiger partial charge on any atom is -0.459 e. The molecule has 8 heteroatoms. The number of anilines is 1. The maximum absolute atomic E-state index is 12.7. The number of ether oxygens (including phenoxy) is 1. The van der Waals surface area contributed by atoms with Crippen LogP contribution in [0.4, 0.5) is 5.69 Å². The SMILES string of the molecule is C=C1Nc2c(Cl)cc3cc(CN4CCN(C(=O)C5CCCO5)CC4)oc3c2C2(CCCCC2)N1. The first-order chi connectivity index (χ1) is 16.5. The zero-order valence-corrected chi connectivity index (χ0v) is 20.4. The van der Waals surface area contributed by atoms with Gasteiger partial charge in [-0.05, 0) is 37.8 Å². The molecule has 1 amide bonds. The number of rotatable bonds is 3. The molecule has 2 N–H and O–H groups in total. The minimum absolute atomic E-state index is 0.154. The minimum atomic E-state index is -0.233. The summed E-state index contributed by atoms with van der Waals surface area (Å²) in [5, 5.41) is 8.78. The van der Waals surface area contributed by atoms with Crippen LogP contribution in [0.2, 0.25) is 5.02 Å². The zero-order chi connectivity index (χ0) is 23.3. The van der Waals surface area contributed by atoms with Gasteiger partial charge in [-0.1, -0.05) is 37.4 Å². The highest BCUT2D eigenvalue weighted by atomic mass is 35.5. The fraction of sp³-hybridized carbons (Fsp3) is 0.577. The van der Waals surface area contributed by atoms with Gasteiger partial charge in [0.05, 0.1) is 28.6 Å². The van der Waals surface area contributed by atoms with Gasteiger partial charge in [0.2, 0.25) is 0 Å². The smallest absolute Gasteiger partial charge is 0.251 e. The average molecular weight is 485 g/mol. The number of nitrogens with one attached hydrogen (secondary N) is 2. The van der Waals surface area contributed by atoms with Crippen molar-refractivity contribution in [2.24, 2.45) is 0 Å². The molecule has 1 aliphatic carbocycles. The van der Waals surface area contributed by atoms with Crippen LogP contribution in [-0.2, 0) is 21.6 Å². The zero-order valence-electron chi connectivity index (χ0n) is 19.6. The molecule has 34 heavy (non-hydrogen) atoms. The number of amides is 1. The Bertz CT molecular complexity index is 1110. The summed E-state index contributed by atoms with van der Waals surface area (Å²) in [6, 6.07) is 4.13. The quantitative estimate of drug-likeness (QED) is 0.665. The third-order valence-electron chi connectivity index (χ3n) is 7.93. The van der Waals surface area contributed by atoms with E-state index in [0.29, 0.717) is 11.6 Å². The molecule has 1 aromatic heterocycles. The van der Waals surface area contributed by atoms with E-state index in [1.54, 1.807) is 0 Å². The molecule has 182 valence electrons. The van der Waals surface area contributed by atoms with Crippen LogP contribution in [0, 0.1) is 0 Å². The van der Waals surface area contributed by atoms with Crippen LogP contribution in [-0.4, -0.2) is 54.6 Å². The van der Waals surface area contributed by atoms with Crippen molar-refractivity contribution in [3.05, 3.63) is 40.9 Å². The summed E-state index contributed by atoms with van der Waals surface area (Å²) in [6.45, 7) is 8.73. The number of nitrogens with zero attached hydrogens (tertiary/aromatic N) is 2. The highest BCUT2D eigenvalue weighted by Crippen LogP contribution is 2.49. The maximum atomic E-state index is 12.7. The van der Waals surface area contributed by atoms with Crippen molar-refractivity contribution in [3.8, 4) is 0 Å². The van der Waals surface area contributed by atoms with E-state index in [1.165, 1.54) is 19.3 Å².